The van der Waals surface area contributed by atoms with Crippen LogP contribution in [0, 0.1) is 5.82 Å². The smallest absolute Gasteiger partial charge is 0.338 e. The zero-order valence-electron chi connectivity index (χ0n) is 9.94. The summed E-state index contributed by atoms with van der Waals surface area (Å²) in [6, 6.07) is 4.49. The lowest BCUT2D eigenvalue weighted by atomic mass is 10.1. The third kappa shape index (κ3) is 4.36. The summed E-state index contributed by atoms with van der Waals surface area (Å²) in [5.41, 5.74) is 0.198. The second-order valence-corrected chi connectivity index (χ2v) is 5.04. The highest BCUT2D eigenvalue weighted by Gasteiger charge is 2.13. The lowest BCUT2D eigenvalue weighted by molar-refractivity contribution is 0.0691. The molecule has 0 spiro atoms. The number of hydrogen-bond donors (Lipinski definition) is 1. The van der Waals surface area contributed by atoms with Gasteiger partial charge in [0.2, 0.25) is 0 Å². The number of halogens is 1. The Labute approximate surface area is 105 Å². The number of benzene rings is 1. The number of thioether (sulfide) groups is 1. The third-order valence-corrected chi connectivity index (χ3v) is 3.24. The van der Waals surface area contributed by atoms with Gasteiger partial charge in [-0.3, -0.25) is 0 Å². The molecule has 17 heavy (non-hydrogen) atoms. The minimum atomic E-state index is -1.22. The first-order chi connectivity index (χ1) is 8.02. The molecular formula is C12H16FNO2S. The molecule has 0 aliphatic heterocycles. The second kappa shape index (κ2) is 6.61. The minimum absolute atomic E-state index is 0.254. The Hall–Kier alpha value is -1.07. The molecule has 0 aliphatic rings. The Balaban J connectivity index is 2.59. The fourth-order valence-corrected chi connectivity index (χ4v) is 2.37. The number of carbonyl (C=O) groups is 1. The second-order valence-electron chi connectivity index (χ2n) is 3.94. The molecule has 1 N–H and O–H groups in total. The number of hydrogen-bond acceptors (Lipinski definition) is 3. The summed E-state index contributed by atoms with van der Waals surface area (Å²) in [5, 5.41) is 8.78. The van der Waals surface area contributed by atoms with E-state index in [1.165, 1.54) is 6.07 Å². The summed E-state index contributed by atoms with van der Waals surface area (Å²) in [7, 11) is 3.96. The van der Waals surface area contributed by atoms with E-state index < -0.39 is 11.8 Å². The van der Waals surface area contributed by atoms with Crippen LogP contribution in [-0.4, -0.2) is 42.4 Å². The molecule has 0 radical (unpaired) electrons. The molecule has 0 fully saturated rings. The molecule has 0 heterocycles. The van der Waals surface area contributed by atoms with Crippen molar-refractivity contribution in [2.24, 2.45) is 0 Å². The summed E-state index contributed by atoms with van der Waals surface area (Å²) in [6.07, 6.45) is 0. The molecule has 0 aliphatic carbocycles. The monoisotopic (exact) mass is 257 g/mol. The molecule has 0 amide bonds. The highest BCUT2D eigenvalue weighted by atomic mass is 32.2. The fraction of sp³-hybridized carbons (Fsp3) is 0.417. The molecule has 5 heteroatoms. The van der Waals surface area contributed by atoms with Crippen LogP contribution in [0.2, 0.25) is 0 Å². The van der Waals surface area contributed by atoms with Crippen molar-refractivity contribution in [2.45, 2.75) is 5.75 Å². The maximum absolute atomic E-state index is 13.7. The first-order valence-electron chi connectivity index (χ1n) is 5.25. The maximum Gasteiger partial charge on any atom is 0.338 e. The Morgan fingerprint density at radius 1 is 1.47 bits per heavy atom. The molecule has 3 nitrogen and oxygen atoms in total. The molecule has 1 aromatic rings. The van der Waals surface area contributed by atoms with E-state index in [2.05, 4.69) is 4.90 Å². The molecule has 0 atom stereocenters. The molecule has 0 unspecified atom stereocenters. The van der Waals surface area contributed by atoms with E-state index in [0.29, 0.717) is 11.3 Å². The van der Waals surface area contributed by atoms with E-state index in [-0.39, 0.29) is 5.56 Å². The average molecular weight is 257 g/mol. The molecular weight excluding hydrogens is 241 g/mol. The van der Waals surface area contributed by atoms with Gasteiger partial charge in [0.05, 0.1) is 5.56 Å². The van der Waals surface area contributed by atoms with Gasteiger partial charge in [0.15, 0.2) is 0 Å². The highest BCUT2D eigenvalue weighted by Crippen LogP contribution is 2.18. The number of carboxylic acids is 1. The minimum Gasteiger partial charge on any atom is -0.478 e. The number of rotatable bonds is 6. The standard InChI is InChI=1S/C12H16FNO2S/c1-14(2)6-7-17-8-9-4-3-5-10(11(9)13)12(15)16/h3-5H,6-8H2,1-2H3,(H,15,16). The van der Waals surface area contributed by atoms with Crippen LogP contribution in [0.15, 0.2) is 18.2 Å². The summed E-state index contributed by atoms with van der Waals surface area (Å²) in [5.74, 6) is -0.440. The van der Waals surface area contributed by atoms with Crippen LogP contribution in [0.5, 0.6) is 0 Å². The van der Waals surface area contributed by atoms with Gasteiger partial charge >= 0.3 is 5.97 Å². The SMILES string of the molecule is CN(C)CCSCc1cccc(C(=O)O)c1F. The van der Waals surface area contributed by atoms with Gasteiger partial charge in [0.1, 0.15) is 5.82 Å². The van der Waals surface area contributed by atoms with Crippen molar-refractivity contribution < 1.29 is 14.3 Å². The first kappa shape index (κ1) is 14.0. The summed E-state index contributed by atoms with van der Waals surface area (Å²) in [6.45, 7) is 0.922. The quantitative estimate of drug-likeness (QED) is 0.794. The normalized spacial score (nSPS) is 10.8. The summed E-state index contributed by atoms with van der Waals surface area (Å²) in [4.78, 5) is 12.8. The van der Waals surface area contributed by atoms with Crippen LogP contribution in [0.4, 0.5) is 4.39 Å². The number of carboxylic acid groups (broad SMARTS) is 1. The Morgan fingerprint density at radius 2 is 2.18 bits per heavy atom. The molecule has 0 saturated carbocycles. The highest BCUT2D eigenvalue weighted by molar-refractivity contribution is 7.98. The van der Waals surface area contributed by atoms with Gasteiger partial charge in [-0.1, -0.05) is 12.1 Å². The third-order valence-electron chi connectivity index (χ3n) is 2.25. The average Bonchev–Trinajstić information content (AvgIpc) is 2.25. The zero-order chi connectivity index (χ0) is 12.8. The lowest BCUT2D eigenvalue weighted by Crippen LogP contribution is -2.15. The van der Waals surface area contributed by atoms with Crippen LogP contribution in [-0.2, 0) is 5.75 Å². The molecule has 0 aromatic heterocycles. The van der Waals surface area contributed by atoms with Gasteiger partial charge < -0.3 is 10.0 Å². The van der Waals surface area contributed by atoms with E-state index in [4.69, 9.17) is 5.11 Å². The number of nitrogens with zero attached hydrogens (tertiary/aromatic N) is 1. The van der Waals surface area contributed by atoms with Crippen molar-refractivity contribution in [3.63, 3.8) is 0 Å². The Bertz CT molecular complexity index is 396. The predicted molar refractivity (Wildman–Crippen MR) is 68.1 cm³/mol. The molecule has 0 bridgehead atoms. The predicted octanol–water partition coefficient (Wildman–Crippen LogP) is 2.32. The van der Waals surface area contributed by atoms with Crippen molar-refractivity contribution in [2.75, 3.05) is 26.4 Å². The summed E-state index contributed by atoms with van der Waals surface area (Å²) < 4.78 is 13.7. The van der Waals surface area contributed by atoms with E-state index in [9.17, 15) is 9.18 Å². The Kier molecular flexibility index (Phi) is 5.44. The van der Waals surface area contributed by atoms with Gasteiger partial charge in [-0.25, -0.2) is 9.18 Å². The van der Waals surface area contributed by atoms with Gasteiger partial charge in [-0.2, -0.15) is 11.8 Å². The van der Waals surface area contributed by atoms with E-state index in [1.54, 1.807) is 23.9 Å². The zero-order valence-corrected chi connectivity index (χ0v) is 10.8. The van der Waals surface area contributed by atoms with Gasteiger partial charge in [0.25, 0.3) is 0 Å². The van der Waals surface area contributed by atoms with Crippen LogP contribution < -0.4 is 0 Å². The Morgan fingerprint density at radius 3 is 2.76 bits per heavy atom. The largest absolute Gasteiger partial charge is 0.478 e. The van der Waals surface area contributed by atoms with Crippen molar-refractivity contribution in [1.29, 1.82) is 0 Å². The van der Waals surface area contributed by atoms with Crippen LogP contribution in [0.1, 0.15) is 15.9 Å². The topological polar surface area (TPSA) is 40.5 Å². The fourth-order valence-electron chi connectivity index (χ4n) is 1.29. The maximum atomic E-state index is 13.7. The molecule has 0 saturated heterocycles. The van der Waals surface area contributed by atoms with Crippen molar-refractivity contribution in [3.8, 4) is 0 Å². The summed E-state index contributed by atoms with van der Waals surface area (Å²) >= 11 is 1.59. The van der Waals surface area contributed by atoms with Gasteiger partial charge in [-0.05, 0) is 25.7 Å². The molecule has 1 aromatic carbocycles. The lowest BCUT2D eigenvalue weighted by Gasteiger charge is -2.09. The van der Waals surface area contributed by atoms with E-state index in [1.807, 2.05) is 14.1 Å². The van der Waals surface area contributed by atoms with Gasteiger partial charge in [-0.15, -0.1) is 0 Å². The van der Waals surface area contributed by atoms with E-state index in [0.717, 1.165) is 12.3 Å². The van der Waals surface area contributed by atoms with Crippen molar-refractivity contribution >= 4 is 17.7 Å². The van der Waals surface area contributed by atoms with E-state index >= 15 is 0 Å². The first-order valence-corrected chi connectivity index (χ1v) is 6.41. The van der Waals surface area contributed by atoms with Crippen LogP contribution in [0.25, 0.3) is 0 Å². The van der Waals surface area contributed by atoms with Crippen molar-refractivity contribution in [3.05, 3.63) is 35.1 Å². The van der Waals surface area contributed by atoms with Gasteiger partial charge in [0, 0.05) is 18.1 Å². The van der Waals surface area contributed by atoms with Crippen LogP contribution in [0.3, 0.4) is 0 Å². The molecule has 94 valence electrons. The number of aromatic carboxylic acids is 1. The van der Waals surface area contributed by atoms with Crippen molar-refractivity contribution in [1.82, 2.24) is 4.90 Å². The van der Waals surface area contributed by atoms with Crippen LogP contribution >= 0.6 is 11.8 Å². The molecule has 1 rings (SSSR count).